The molecule has 0 fully saturated rings. The lowest BCUT2D eigenvalue weighted by Gasteiger charge is -2.30. The first-order chi connectivity index (χ1) is 8.12. The topological polar surface area (TPSA) is 41.5 Å². The van der Waals surface area contributed by atoms with Gasteiger partial charge >= 0.3 is 0 Å². The summed E-state index contributed by atoms with van der Waals surface area (Å²) in [5, 5.41) is 12.6. The van der Waals surface area contributed by atoms with Crippen molar-refractivity contribution in [1.82, 2.24) is 5.32 Å². The molecule has 3 heteroatoms. The average molecular weight is 235 g/mol. The Bertz CT molecular complexity index is 376. The molecule has 1 aromatic rings. The summed E-state index contributed by atoms with van der Waals surface area (Å²) in [5.41, 5.74) is 2.40. The summed E-state index contributed by atoms with van der Waals surface area (Å²) in [6.45, 7) is 5.64. The van der Waals surface area contributed by atoms with Gasteiger partial charge in [-0.2, -0.15) is 0 Å². The lowest BCUT2D eigenvalue weighted by molar-refractivity contribution is -0.0357. The van der Waals surface area contributed by atoms with Crippen molar-refractivity contribution in [2.24, 2.45) is 5.41 Å². The smallest absolute Gasteiger partial charge is 0.134 e. The van der Waals surface area contributed by atoms with Crippen molar-refractivity contribution in [3.8, 4) is 0 Å². The molecule has 3 nitrogen and oxygen atoms in total. The molecule has 0 saturated carbocycles. The van der Waals surface area contributed by atoms with Gasteiger partial charge in [0, 0.05) is 12.0 Å². The van der Waals surface area contributed by atoms with Crippen molar-refractivity contribution in [3.05, 3.63) is 35.4 Å². The van der Waals surface area contributed by atoms with Crippen LogP contribution in [0.3, 0.4) is 0 Å². The number of aliphatic hydroxyl groups is 1. The fraction of sp³-hybridized carbons (Fsp3) is 0.571. The zero-order valence-electron chi connectivity index (χ0n) is 10.6. The molecular formula is C14H21NO2. The first kappa shape index (κ1) is 12.6. The molecule has 0 amide bonds. The monoisotopic (exact) mass is 235 g/mol. The Hall–Kier alpha value is -0.900. The second-order valence-electron chi connectivity index (χ2n) is 5.42. The maximum absolute atomic E-state index is 9.22. The molecule has 17 heavy (non-hydrogen) atoms. The maximum Gasteiger partial charge on any atom is 0.134 e. The van der Waals surface area contributed by atoms with Crippen molar-refractivity contribution < 1.29 is 9.84 Å². The number of aliphatic hydroxyl groups excluding tert-OH is 1. The van der Waals surface area contributed by atoms with Crippen molar-refractivity contribution in [2.45, 2.75) is 26.5 Å². The van der Waals surface area contributed by atoms with E-state index in [2.05, 4.69) is 23.5 Å². The molecule has 0 radical (unpaired) electrons. The summed E-state index contributed by atoms with van der Waals surface area (Å²) < 4.78 is 5.89. The Morgan fingerprint density at radius 3 is 2.94 bits per heavy atom. The van der Waals surface area contributed by atoms with Gasteiger partial charge in [-0.15, -0.1) is 0 Å². The van der Waals surface area contributed by atoms with E-state index in [9.17, 15) is 5.11 Å². The predicted molar refractivity (Wildman–Crippen MR) is 67.7 cm³/mol. The zero-order valence-corrected chi connectivity index (χ0v) is 10.6. The van der Waals surface area contributed by atoms with Crippen LogP contribution in [0.25, 0.3) is 0 Å². The number of ether oxygens (including phenoxy) is 1. The van der Waals surface area contributed by atoms with Crippen molar-refractivity contribution in [3.63, 3.8) is 0 Å². The molecule has 2 rings (SSSR count). The summed E-state index contributed by atoms with van der Waals surface area (Å²) in [6, 6.07) is 8.38. The van der Waals surface area contributed by atoms with E-state index in [0.717, 1.165) is 13.0 Å². The molecule has 1 aliphatic heterocycles. The molecule has 1 atom stereocenters. The molecule has 0 bridgehead atoms. The fourth-order valence-electron chi connectivity index (χ4n) is 1.97. The number of hydrogen-bond donors (Lipinski definition) is 2. The SMILES string of the molecule is CC(C)(CO)COC1NCCc2ccccc21. The normalized spacial score (nSPS) is 20.1. The summed E-state index contributed by atoms with van der Waals surface area (Å²) in [4.78, 5) is 0. The minimum absolute atomic E-state index is 0.0363. The third kappa shape index (κ3) is 3.06. The lowest BCUT2D eigenvalue weighted by Crippen LogP contribution is -2.34. The van der Waals surface area contributed by atoms with Gasteiger partial charge in [-0.3, -0.25) is 5.32 Å². The quantitative estimate of drug-likeness (QED) is 0.837. The van der Waals surface area contributed by atoms with E-state index in [1.165, 1.54) is 11.1 Å². The highest BCUT2D eigenvalue weighted by Gasteiger charge is 2.23. The third-order valence-electron chi connectivity index (χ3n) is 3.13. The van der Waals surface area contributed by atoms with Crippen LogP contribution >= 0.6 is 0 Å². The van der Waals surface area contributed by atoms with E-state index in [4.69, 9.17) is 4.74 Å². The van der Waals surface area contributed by atoms with Crippen LogP contribution in [0.5, 0.6) is 0 Å². The summed E-state index contributed by atoms with van der Waals surface area (Å²) in [5.74, 6) is 0. The van der Waals surface area contributed by atoms with E-state index in [1.54, 1.807) is 0 Å². The van der Waals surface area contributed by atoms with E-state index in [1.807, 2.05) is 19.9 Å². The molecular weight excluding hydrogens is 214 g/mol. The molecule has 0 aromatic heterocycles. The van der Waals surface area contributed by atoms with Gasteiger partial charge in [-0.25, -0.2) is 0 Å². The molecule has 1 aromatic carbocycles. The van der Waals surface area contributed by atoms with Gasteiger partial charge in [-0.1, -0.05) is 38.1 Å². The van der Waals surface area contributed by atoms with Crippen molar-refractivity contribution in [2.75, 3.05) is 19.8 Å². The van der Waals surface area contributed by atoms with E-state index in [0.29, 0.717) is 6.61 Å². The summed E-state index contributed by atoms with van der Waals surface area (Å²) in [6.07, 6.45) is 1.02. The van der Waals surface area contributed by atoms with Gasteiger partial charge in [0.15, 0.2) is 0 Å². The Morgan fingerprint density at radius 1 is 1.41 bits per heavy atom. The molecule has 0 aliphatic carbocycles. The summed E-state index contributed by atoms with van der Waals surface area (Å²) >= 11 is 0. The second-order valence-corrected chi connectivity index (χ2v) is 5.42. The molecule has 94 valence electrons. The van der Waals surface area contributed by atoms with Crippen LogP contribution in [-0.4, -0.2) is 24.9 Å². The average Bonchev–Trinajstić information content (AvgIpc) is 2.36. The standard InChI is InChI=1S/C14H21NO2/c1-14(2,9-16)10-17-13-12-6-4-3-5-11(12)7-8-15-13/h3-6,13,15-16H,7-10H2,1-2H3. The molecule has 0 saturated heterocycles. The Kier molecular flexibility index (Phi) is 3.82. The predicted octanol–water partition coefficient (Wildman–Crippen LogP) is 1.87. The first-order valence-electron chi connectivity index (χ1n) is 6.16. The third-order valence-corrected chi connectivity index (χ3v) is 3.13. The second kappa shape index (κ2) is 5.17. The number of fused-ring (bicyclic) bond motifs is 1. The van der Waals surface area contributed by atoms with E-state index < -0.39 is 0 Å². The van der Waals surface area contributed by atoms with Crippen LogP contribution in [0.1, 0.15) is 31.2 Å². The molecule has 0 spiro atoms. The van der Waals surface area contributed by atoms with Crippen molar-refractivity contribution in [1.29, 1.82) is 0 Å². The Labute approximate surface area is 103 Å². The molecule has 1 heterocycles. The number of hydrogen-bond acceptors (Lipinski definition) is 3. The number of benzene rings is 1. The molecule has 1 unspecified atom stereocenters. The van der Waals surface area contributed by atoms with Gasteiger partial charge < -0.3 is 9.84 Å². The van der Waals surface area contributed by atoms with Crippen LogP contribution in [-0.2, 0) is 11.2 Å². The van der Waals surface area contributed by atoms with Crippen LogP contribution in [0.15, 0.2) is 24.3 Å². The van der Waals surface area contributed by atoms with Crippen LogP contribution in [0.4, 0.5) is 0 Å². The lowest BCUT2D eigenvalue weighted by atomic mass is 9.96. The van der Waals surface area contributed by atoms with Crippen molar-refractivity contribution >= 4 is 0 Å². The first-order valence-corrected chi connectivity index (χ1v) is 6.16. The zero-order chi connectivity index (χ0) is 12.3. The number of nitrogens with one attached hydrogen (secondary N) is 1. The van der Waals surface area contributed by atoms with Crippen LogP contribution in [0, 0.1) is 5.41 Å². The number of rotatable bonds is 4. The van der Waals surface area contributed by atoms with Gasteiger partial charge in [-0.05, 0) is 17.5 Å². The maximum atomic E-state index is 9.22. The van der Waals surface area contributed by atoms with E-state index in [-0.39, 0.29) is 18.2 Å². The van der Waals surface area contributed by atoms with E-state index >= 15 is 0 Å². The Balaban J connectivity index is 2.04. The minimum Gasteiger partial charge on any atom is -0.396 e. The molecule has 2 N–H and O–H groups in total. The summed E-state index contributed by atoms with van der Waals surface area (Å²) in [7, 11) is 0. The van der Waals surface area contributed by atoms with Gasteiger partial charge in [0.2, 0.25) is 0 Å². The highest BCUT2D eigenvalue weighted by molar-refractivity contribution is 5.31. The van der Waals surface area contributed by atoms with Crippen LogP contribution in [0.2, 0.25) is 0 Å². The highest BCUT2D eigenvalue weighted by atomic mass is 16.5. The van der Waals surface area contributed by atoms with Crippen LogP contribution < -0.4 is 5.32 Å². The highest BCUT2D eigenvalue weighted by Crippen LogP contribution is 2.25. The minimum atomic E-state index is -0.186. The van der Waals surface area contributed by atoms with Gasteiger partial charge in [0.1, 0.15) is 6.23 Å². The van der Waals surface area contributed by atoms with Gasteiger partial charge in [0.05, 0.1) is 13.2 Å². The largest absolute Gasteiger partial charge is 0.396 e. The Morgan fingerprint density at radius 2 is 2.18 bits per heavy atom. The molecule has 1 aliphatic rings. The van der Waals surface area contributed by atoms with Gasteiger partial charge in [0.25, 0.3) is 0 Å². The fourth-order valence-corrected chi connectivity index (χ4v) is 1.97.